The van der Waals surface area contributed by atoms with Crippen molar-refractivity contribution in [3.8, 4) is 0 Å². The van der Waals surface area contributed by atoms with Gasteiger partial charge in [-0.05, 0) is 25.7 Å². The molecule has 0 saturated heterocycles. The lowest BCUT2D eigenvalue weighted by molar-refractivity contribution is 0.224. The van der Waals surface area contributed by atoms with Crippen LogP contribution < -0.4 is 5.32 Å². The molecular weight excluding hydrogens is 162 g/mol. The van der Waals surface area contributed by atoms with Gasteiger partial charge in [0, 0.05) is 25.5 Å². The molecule has 1 unspecified atom stereocenters. The molecule has 1 heterocycles. The molecule has 0 spiro atoms. The van der Waals surface area contributed by atoms with Gasteiger partial charge in [-0.15, -0.1) is 0 Å². The van der Waals surface area contributed by atoms with E-state index in [1.54, 1.807) is 0 Å². The number of hydrogen-bond donors (Lipinski definition) is 1. The van der Waals surface area contributed by atoms with E-state index in [0.29, 0.717) is 6.04 Å². The van der Waals surface area contributed by atoms with Gasteiger partial charge >= 0.3 is 0 Å². The SMILES string of the molecule is CNc1nccn1C(C)C1CCC1. The van der Waals surface area contributed by atoms with Gasteiger partial charge in [-0.3, -0.25) is 0 Å². The second kappa shape index (κ2) is 3.40. The van der Waals surface area contributed by atoms with E-state index < -0.39 is 0 Å². The molecule has 1 atom stereocenters. The summed E-state index contributed by atoms with van der Waals surface area (Å²) in [5.74, 6) is 1.85. The second-order valence-electron chi connectivity index (χ2n) is 3.84. The Hall–Kier alpha value is -0.990. The minimum Gasteiger partial charge on any atom is -0.359 e. The molecule has 3 nitrogen and oxygen atoms in total. The third-order valence-corrected chi connectivity index (χ3v) is 3.16. The van der Waals surface area contributed by atoms with E-state index in [1.807, 2.05) is 13.2 Å². The molecule has 1 aliphatic carbocycles. The van der Waals surface area contributed by atoms with Gasteiger partial charge in [-0.2, -0.15) is 0 Å². The van der Waals surface area contributed by atoms with E-state index in [2.05, 4.69) is 28.0 Å². The van der Waals surface area contributed by atoms with Crippen LogP contribution in [0.3, 0.4) is 0 Å². The maximum atomic E-state index is 4.25. The van der Waals surface area contributed by atoms with Gasteiger partial charge in [-0.1, -0.05) is 6.42 Å². The summed E-state index contributed by atoms with van der Waals surface area (Å²) in [6.07, 6.45) is 8.08. The van der Waals surface area contributed by atoms with Crippen molar-refractivity contribution in [1.29, 1.82) is 0 Å². The molecule has 0 bridgehead atoms. The van der Waals surface area contributed by atoms with Crippen LogP contribution in [-0.4, -0.2) is 16.6 Å². The largest absolute Gasteiger partial charge is 0.359 e. The molecule has 1 fully saturated rings. The third-order valence-electron chi connectivity index (χ3n) is 3.16. The highest BCUT2D eigenvalue weighted by Crippen LogP contribution is 2.36. The van der Waals surface area contributed by atoms with Crippen molar-refractivity contribution in [2.75, 3.05) is 12.4 Å². The van der Waals surface area contributed by atoms with Crippen LogP contribution in [-0.2, 0) is 0 Å². The van der Waals surface area contributed by atoms with Crippen LogP contribution in [0.25, 0.3) is 0 Å². The van der Waals surface area contributed by atoms with Crippen molar-refractivity contribution < 1.29 is 0 Å². The summed E-state index contributed by atoms with van der Waals surface area (Å²) >= 11 is 0. The van der Waals surface area contributed by atoms with Gasteiger partial charge in [0.05, 0.1) is 0 Å². The van der Waals surface area contributed by atoms with Gasteiger partial charge in [-0.25, -0.2) is 4.98 Å². The standard InChI is InChI=1S/C10H17N3/c1-8(9-4-3-5-9)13-7-6-12-10(13)11-2/h6-9H,3-5H2,1-2H3,(H,11,12). The van der Waals surface area contributed by atoms with Gasteiger partial charge in [0.2, 0.25) is 5.95 Å². The predicted molar refractivity (Wildman–Crippen MR) is 53.8 cm³/mol. The maximum Gasteiger partial charge on any atom is 0.202 e. The average Bonchev–Trinajstić information content (AvgIpc) is 2.47. The van der Waals surface area contributed by atoms with Crippen molar-refractivity contribution in [2.45, 2.75) is 32.2 Å². The number of imidazole rings is 1. The molecule has 3 heteroatoms. The first-order valence-electron chi connectivity index (χ1n) is 5.03. The van der Waals surface area contributed by atoms with E-state index >= 15 is 0 Å². The smallest absolute Gasteiger partial charge is 0.202 e. The quantitative estimate of drug-likeness (QED) is 0.771. The highest BCUT2D eigenvalue weighted by molar-refractivity contribution is 5.25. The Bertz CT molecular complexity index is 275. The molecule has 1 aliphatic rings. The zero-order chi connectivity index (χ0) is 9.26. The average molecular weight is 179 g/mol. The van der Waals surface area contributed by atoms with Gasteiger partial charge < -0.3 is 9.88 Å². The van der Waals surface area contributed by atoms with Crippen LogP contribution in [0.2, 0.25) is 0 Å². The first-order chi connectivity index (χ1) is 6.33. The van der Waals surface area contributed by atoms with Crippen LogP contribution in [0, 0.1) is 5.92 Å². The normalized spacial score (nSPS) is 19.5. The Morgan fingerprint density at radius 3 is 2.92 bits per heavy atom. The Labute approximate surface area is 79.2 Å². The maximum absolute atomic E-state index is 4.25. The van der Waals surface area contributed by atoms with E-state index in [9.17, 15) is 0 Å². The van der Waals surface area contributed by atoms with Gasteiger partial charge in [0.1, 0.15) is 0 Å². The number of rotatable bonds is 3. The third kappa shape index (κ3) is 1.43. The Balaban J connectivity index is 2.13. The molecule has 1 aromatic rings. The molecule has 1 N–H and O–H groups in total. The number of anilines is 1. The molecule has 1 aromatic heterocycles. The van der Waals surface area contributed by atoms with Crippen LogP contribution in [0.5, 0.6) is 0 Å². The summed E-state index contributed by atoms with van der Waals surface area (Å²) < 4.78 is 2.24. The number of nitrogens with zero attached hydrogens (tertiary/aromatic N) is 2. The van der Waals surface area contributed by atoms with Crippen LogP contribution in [0.15, 0.2) is 12.4 Å². The highest BCUT2D eigenvalue weighted by Gasteiger charge is 2.25. The van der Waals surface area contributed by atoms with Crippen molar-refractivity contribution >= 4 is 5.95 Å². The molecule has 0 amide bonds. The molecule has 72 valence electrons. The fourth-order valence-electron chi connectivity index (χ4n) is 1.98. The molecule has 1 saturated carbocycles. The molecule has 2 rings (SSSR count). The summed E-state index contributed by atoms with van der Waals surface area (Å²) in [7, 11) is 1.92. The van der Waals surface area contributed by atoms with Crippen molar-refractivity contribution in [3.05, 3.63) is 12.4 Å². The minimum atomic E-state index is 0.596. The Morgan fingerprint density at radius 2 is 2.38 bits per heavy atom. The van der Waals surface area contributed by atoms with Crippen molar-refractivity contribution in [2.24, 2.45) is 5.92 Å². The van der Waals surface area contributed by atoms with Crippen LogP contribution >= 0.6 is 0 Å². The lowest BCUT2D eigenvalue weighted by Crippen LogP contribution is -2.23. The van der Waals surface area contributed by atoms with Crippen LogP contribution in [0.4, 0.5) is 5.95 Å². The Kier molecular flexibility index (Phi) is 2.25. The minimum absolute atomic E-state index is 0.596. The van der Waals surface area contributed by atoms with Crippen LogP contribution in [0.1, 0.15) is 32.2 Å². The topological polar surface area (TPSA) is 29.9 Å². The van der Waals surface area contributed by atoms with Crippen molar-refractivity contribution in [1.82, 2.24) is 9.55 Å². The monoisotopic (exact) mass is 179 g/mol. The number of aromatic nitrogens is 2. The fourth-order valence-corrected chi connectivity index (χ4v) is 1.98. The molecule has 0 aromatic carbocycles. The van der Waals surface area contributed by atoms with Crippen molar-refractivity contribution in [3.63, 3.8) is 0 Å². The van der Waals surface area contributed by atoms with Gasteiger partial charge in [0.25, 0.3) is 0 Å². The second-order valence-corrected chi connectivity index (χ2v) is 3.84. The summed E-state index contributed by atoms with van der Waals surface area (Å²) in [5.41, 5.74) is 0. The zero-order valence-electron chi connectivity index (χ0n) is 8.33. The van der Waals surface area contributed by atoms with E-state index in [1.165, 1.54) is 19.3 Å². The summed E-state index contributed by atoms with van der Waals surface area (Å²) in [6, 6.07) is 0.596. The van der Waals surface area contributed by atoms with E-state index in [4.69, 9.17) is 0 Å². The summed E-state index contributed by atoms with van der Waals surface area (Å²) in [6.45, 7) is 2.28. The first-order valence-corrected chi connectivity index (χ1v) is 5.03. The first kappa shape index (κ1) is 8.60. The summed E-state index contributed by atoms with van der Waals surface area (Å²) in [4.78, 5) is 4.25. The fraction of sp³-hybridized carbons (Fsp3) is 0.700. The molecule has 0 aliphatic heterocycles. The Morgan fingerprint density at radius 1 is 1.62 bits per heavy atom. The lowest BCUT2D eigenvalue weighted by atomic mass is 9.80. The zero-order valence-corrected chi connectivity index (χ0v) is 8.33. The number of nitrogens with one attached hydrogen (secondary N) is 1. The summed E-state index contributed by atoms with van der Waals surface area (Å²) in [5, 5.41) is 3.11. The van der Waals surface area contributed by atoms with E-state index in [-0.39, 0.29) is 0 Å². The molecular formula is C10H17N3. The van der Waals surface area contributed by atoms with E-state index in [0.717, 1.165) is 11.9 Å². The predicted octanol–water partition coefficient (Wildman–Crippen LogP) is 2.29. The highest BCUT2D eigenvalue weighted by atomic mass is 15.2. The molecule has 13 heavy (non-hydrogen) atoms. The number of hydrogen-bond acceptors (Lipinski definition) is 2. The molecule has 0 radical (unpaired) electrons. The lowest BCUT2D eigenvalue weighted by Gasteiger charge is -2.32. The van der Waals surface area contributed by atoms with Gasteiger partial charge in [0.15, 0.2) is 0 Å².